The second-order valence-electron chi connectivity index (χ2n) is 3.85. The molecule has 0 aromatic heterocycles. The van der Waals surface area contributed by atoms with Crippen molar-refractivity contribution in [1.82, 2.24) is 0 Å². The van der Waals surface area contributed by atoms with E-state index in [0.717, 1.165) is 12.8 Å². The third-order valence-electron chi connectivity index (χ3n) is 2.36. The molecule has 0 aliphatic rings. The highest BCUT2D eigenvalue weighted by molar-refractivity contribution is 4.97. The predicted octanol–water partition coefficient (Wildman–Crippen LogP) is 2.92. The SMILES string of the molecule is C=CC(C)(O)CCC(C)C(=C)C. The third-order valence-corrected chi connectivity index (χ3v) is 2.36. The molecule has 0 aromatic carbocycles. The van der Waals surface area contributed by atoms with Gasteiger partial charge in [0.15, 0.2) is 0 Å². The third kappa shape index (κ3) is 4.35. The van der Waals surface area contributed by atoms with Crippen LogP contribution in [0, 0.1) is 5.92 Å². The standard InChI is InChI=1S/C11H20O/c1-6-11(5,12)8-7-10(4)9(2)3/h6,10,12H,1-2,7-8H2,3-5H3. The molecule has 0 aromatic rings. The van der Waals surface area contributed by atoms with Crippen LogP contribution in [0.4, 0.5) is 0 Å². The normalized spacial score (nSPS) is 18.0. The Labute approximate surface area is 75.8 Å². The molecular formula is C11H20O. The Balaban J connectivity index is 3.83. The van der Waals surface area contributed by atoms with Gasteiger partial charge in [0.05, 0.1) is 5.60 Å². The van der Waals surface area contributed by atoms with E-state index in [9.17, 15) is 5.11 Å². The van der Waals surface area contributed by atoms with Crippen molar-refractivity contribution in [3.63, 3.8) is 0 Å². The molecule has 0 heterocycles. The van der Waals surface area contributed by atoms with Crippen LogP contribution in [0.5, 0.6) is 0 Å². The number of allylic oxidation sites excluding steroid dienone is 1. The molecule has 0 fully saturated rings. The molecular weight excluding hydrogens is 148 g/mol. The molecule has 0 radical (unpaired) electrons. The topological polar surface area (TPSA) is 20.2 Å². The van der Waals surface area contributed by atoms with E-state index in [-0.39, 0.29) is 0 Å². The van der Waals surface area contributed by atoms with Crippen molar-refractivity contribution in [2.24, 2.45) is 5.92 Å². The van der Waals surface area contributed by atoms with Gasteiger partial charge in [0, 0.05) is 0 Å². The van der Waals surface area contributed by atoms with Crippen molar-refractivity contribution in [2.75, 3.05) is 0 Å². The zero-order valence-electron chi connectivity index (χ0n) is 8.43. The first-order valence-electron chi connectivity index (χ1n) is 4.40. The van der Waals surface area contributed by atoms with Crippen LogP contribution in [0.25, 0.3) is 0 Å². The Morgan fingerprint density at radius 3 is 2.50 bits per heavy atom. The molecule has 12 heavy (non-hydrogen) atoms. The summed E-state index contributed by atoms with van der Waals surface area (Å²) in [6.07, 6.45) is 3.32. The molecule has 0 bridgehead atoms. The summed E-state index contributed by atoms with van der Waals surface area (Å²) in [7, 11) is 0. The summed E-state index contributed by atoms with van der Waals surface area (Å²) in [5.74, 6) is 0.483. The molecule has 0 aliphatic carbocycles. The van der Waals surface area contributed by atoms with Crippen molar-refractivity contribution in [1.29, 1.82) is 0 Å². The van der Waals surface area contributed by atoms with Gasteiger partial charge < -0.3 is 5.11 Å². The van der Waals surface area contributed by atoms with Crippen molar-refractivity contribution in [3.05, 3.63) is 24.8 Å². The quantitative estimate of drug-likeness (QED) is 0.626. The average Bonchev–Trinajstić information content (AvgIpc) is 2.00. The van der Waals surface area contributed by atoms with Gasteiger partial charge in [-0.25, -0.2) is 0 Å². The Hall–Kier alpha value is -0.560. The summed E-state index contributed by atoms with van der Waals surface area (Å²) in [5, 5.41) is 9.61. The lowest BCUT2D eigenvalue weighted by atomic mass is 9.91. The molecule has 0 saturated heterocycles. The minimum atomic E-state index is -0.719. The monoisotopic (exact) mass is 168 g/mol. The summed E-state index contributed by atoms with van der Waals surface area (Å²) in [6.45, 7) is 13.4. The van der Waals surface area contributed by atoms with E-state index in [1.807, 2.05) is 6.92 Å². The van der Waals surface area contributed by atoms with Crippen molar-refractivity contribution < 1.29 is 5.11 Å². The molecule has 1 nitrogen and oxygen atoms in total. The molecule has 1 N–H and O–H groups in total. The molecule has 0 rings (SSSR count). The van der Waals surface area contributed by atoms with Crippen LogP contribution in [0.3, 0.4) is 0 Å². The minimum Gasteiger partial charge on any atom is -0.386 e. The van der Waals surface area contributed by atoms with Gasteiger partial charge in [0.25, 0.3) is 0 Å². The fraction of sp³-hybridized carbons (Fsp3) is 0.636. The van der Waals surface area contributed by atoms with E-state index in [0.29, 0.717) is 5.92 Å². The molecule has 2 unspecified atom stereocenters. The second kappa shape index (κ2) is 4.46. The van der Waals surface area contributed by atoms with E-state index < -0.39 is 5.60 Å². The van der Waals surface area contributed by atoms with E-state index in [1.54, 1.807) is 13.0 Å². The average molecular weight is 168 g/mol. The van der Waals surface area contributed by atoms with Gasteiger partial charge >= 0.3 is 0 Å². The Morgan fingerprint density at radius 1 is 1.67 bits per heavy atom. The zero-order valence-corrected chi connectivity index (χ0v) is 8.43. The fourth-order valence-electron chi connectivity index (χ4n) is 0.857. The lowest BCUT2D eigenvalue weighted by Crippen LogP contribution is -2.21. The Bertz CT molecular complexity index is 168. The summed E-state index contributed by atoms with van der Waals surface area (Å²) in [5.41, 5.74) is 0.457. The number of hydrogen-bond acceptors (Lipinski definition) is 1. The van der Waals surface area contributed by atoms with Crippen LogP contribution >= 0.6 is 0 Å². The van der Waals surface area contributed by atoms with E-state index in [1.165, 1.54) is 5.57 Å². The first-order valence-corrected chi connectivity index (χ1v) is 4.40. The van der Waals surface area contributed by atoms with Crippen molar-refractivity contribution >= 4 is 0 Å². The summed E-state index contributed by atoms with van der Waals surface area (Å²) < 4.78 is 0. The largest absolute Gasteiger partial charge is 0.386 e. The van der Waals surface area contributed by atoms with Gasteiger partial charge in [-0.3, -0.25) is 0 Å². The summed E-state index contributed by atoms with van der Waals surface area (Å²) in [6, 6.07) is 0. The van der Waals surface area contributed by atoms with Gasteiger partial charge in [-0.05, 0) is 32.6 Å². The van der Waals surface area contributed by atoms with Crippen LogP contribution < -0.4 is 0 Å². The summed E-state index contributed by atoms with van der Waals surface area (Å²) in [4.78, 5) is 0. The zero-order chi connectivity index (χ0) is 9.78. The lowest BCUT2D eigenvalue weighted by Gasteiger charge is -2.20. The molecule has 0 spiro atoms. The Morgan fingerprint density at radius 2 is 2.17 bits per heavy atom. The van der Waals surface area contributed by atoms with Crippen LogP contribution in [0.15, 0.2) is 24.8 Å². The smallest absolute Gasteiger partial charge is 0.0797 e. The second-order valence-corrected chi connectivity index (χ2v) is 3.85. The van der Waals surface area contributed by atoms with E-state index in [2.05, 4.69) is 20.1 Å². The first kappa shape index (κ1) is 11.4. The molecule has 1 heteroatoms. The maximum absolute atomic E-state index is 9.61. The minimum absolute atomic E-state index is 0.483. The van der Waals surface area contributed by atoms with E-state index in [4.69, 9.17) is 0 Å². The predicted molar refractivity (Wildman–Crippen MR) is 54.0 cm³/mol. The Kier molecular flexibility index (Phi) is 4.25. The lowest BCUT2D eigenvalue weighted by molar-refractivity contribution is 0.0963. The van der Waals surface area contributed by atoms with Crippen LogP contribution in [-0.2, 0) is 0 Å². The number of rotatable bonds is 5. The first-order chi connectivity index (χ1) is 5.39. The number of hydrogen-bond donors (Lipinski definition) is 1. The van der Waals surface area contributed by atoms with Gasteiger partial charge in [-0.2, -0.15) is 0 Å². The maximum Gasteiger partial charge on any atom is 0.0797 e. The van der Waals surface area contributed by atoms with Gasteiger partial charge in [-0.15, -0.1) is 6.58 Å². The van der Waals surface area contributed by atoms with Gasteiger partial charge in [0.2, 0.25) is 0 Å². The molecule has 0 amide bonds. The highest BCUT2D eigenvalue weighted by Gasteiger charge is 2.16. The maximum atomic E-state index is 9.61. The van der Waals surface area contributed by atoms with Crippen LogP contribution in [0.2, 0.25) is 0 Å². The van der Waals surface area contributed by atoms with Gasteiger partial charge in [0.1, 0.15) is 0 Å². The molecule has 2 atom stereocenters. The summed E-state index contributed by atoms with van der Waals surface area (Å²) >= 11 is 0. The van der Waals surface area contributed by atoms with Crippen molar-refractivity contribution in [3.8, 4) is 0 Å². The fourth-order valence-corrected chi connectivity index (χ4v) is 0.857. The molecule has 0 saturated carbocycles. The molecule has 0 aliphatic heterocycles. The molecule has 70 valence electrons. The highest BCUT2D eigenvalue weighted by atomic mass is 16.3. The van der Waals surface area contributed by atoms with Gasteiger partial charge in [-0.1, -0.05) is 25.2 Å². The van der Waals surface area contributed by atoms with Crippen molar-refractivity contribution in [2.45, 2.75) is 39.2 Å². The highest BCUT2D eigenvalue weighted by Crippen LogP contribution is 2.20. The van der Waals surface area contributed by atoms with Crippen LogP contribution in [-0.4, -0.2) is 10.7 Å². The van der Waals surface area contributed by atoms with Crippen LogP contribution in [0.1, 0.15) is 33.6 Å². The number of aliphatic hydroxyl groups is 1. The van der Waals surface area contributed by atoms with E-state index >= 15 is 0 Å².